The molecule has 0 fully saturated rings. The van der Waals surface area contributed by atoms with Crippen molar-refractivity contribution in [2.24, 2.45) is 0 Å². The molecule has 0 atom stereocenters. The quantitative estimate of drug-likeness (QED) is 0.348. The first-order chi connectivity index (χ1) is 8.99. The molecule has 0 aliphatic rings. The topological polar surface area (TPSA) is 47.6 Å². The fourth-order valence-electron chi connectivity index (χ4n) is 0.900. The molecule has 0 aliphatic heterocycles. The van der Waals surface area contributed by atoms with Gasteiger partial charge < -0.3 is 11.5 Å². The minimum Gasteiger partial charge on any atom is -0.699 e. The largest absolute Gasteiger partial charge is 0.699 e. The maximum Gasteiger partial charge on any atom is 0.0405 e. The van der Waals surface area contributed by atoms with Gasteiger partial charge in [0.25, 0.3) is 0 Å². The zero-order valence-corrected chi connectivity index (χ0v) is 14.7. The number of rotatable bonds is 0. The van der Waals surface area contributed by atoms with Crippen molar-refractivity contribution in [1.29, 1.82) is 0 Å². The van der Waals surface area contributed by atoms with Crippen molar-refractivity contribution in [2.45, 2.75) is 0 Å². The summed E-state index contributed by atoms with van der Waals surface area (Å²) in [5.74, 6) is 0. The van der Waals surface area contributed by atoms with Crippen LogP contribution in [0.15, 0.2) is 48.5 Å². The summed E-state index contributed by atoms with van der Waals surface area (Å²) in [4.78, 5) is 0. The number of hydrogen-bond donors (Lipinski definition) is 0. The van der Waals surface area contributed by atoms with Crippen LogP contribution < -0.4 is 0 Å². The van der Waals surface area contributed by atoms with Crippen molar-refractivity contribution in [3.05, 3.63) is 70.0 Å². The first kappa shape index (κ1) is 18.9. The van der Waals surface area contributed by atoms with E-state index in [2.05, 4.69) is 0 Å². The molecule has 0 saturated carbocycles. The van der Waals surface area contributed by atoms with Gasteiger partial charge in [0.1, 0.15) is 0 Å². The van der Waals surface area contributed by atoms with Gasteiger partial charge in [-0.2, -0.15) is 0 Å². The van der Waals surface area contributed by atoms with Crippen molar-refractivity contribution in [2.75, 3.05) is 0 Å². The van der Waals surface area contributed by atoms with Gasteiger partial charge in [-0.15, -0.1) is 11.4 Å². The SMILES string of the molecule is [Cl][Pt+2][Cl].[NH-]c1ccc(Cl)cc1.[NH-]c1ccc(Cl)cc1. The van der Waals surface area contributed by atoms with Crippen LogP contribution in [0.3, 0.4) is 0 Å². The second-order valence-corrected chi connectivity index (χ2v) is 7.21. The maximum atomic E-state index is 7.03. The Labute approximate surface area is 139 Å². The Morgan fingerprint density at radius 1 is 0.632 bits per heavy atom. The normalized spacial score (nSPS) is 8.84. The summed E-state index contributed by atoms with van der Waals surface area (Å²) in [5.41, 5.74) is 15.1. The molecule has 7 heteroatoms. The molecule has 2 N–H and O–H groups in total. The molecule has 0 aliphatic carbocycles. The zero-order valence-electron chi connectivity index (χ0n) is 9.45. The Kier molecular flexibility index (Phi) is 11.6. The molecule has 2 aromatic carbocycles. The Morgan fingerprint density at radius 2 is 0.842 bits per heavy atom. The molecule has 19 heavy (non-hydrogen) atoms. The standard InChI is InChI=1S/2C6H5ClN.2ClH.Pt/c2*7-5-1-3-6(8)4-2-5;;;/h2*1-4,8H;2*1H;/q2*-1;;;+4/p-2. The Morgan fingerprint density at radius 3 is 1.00 bits per heavy atom. The van der Waals surface area contributed by atoms with E-state index >= 15 is 0 Å². The van der Waals surface area contributed by atoms with Crippen LogP contribution in [0.4, 0.5) is 11.4 Å². The monoisotopic (exact) mass is 517 g/mol. The van der Waals surface area contributed by atoms with Gasteiger partial charge in [0.2, 0.25) is 0 Å². The fraction of sp³-hybridized carbons (Fsp3) is 0. The van der Waals surface area contributed by atoms with Gasteiger partial charge in [0.05, 0.1) is 0 Å². The summed E-state index contributed by atoms with van der Waals surface area (Å²) in [7, 11) is 9.75. The number of benzene rings is 2. The number of nitrogens with one attached hydrogen (secondary N) is 2. The van der Waals surface area contributed by atoms with E-state index in [4.69, 9.17) is 53.5 Å². The summed E-state index contributed by atoms with van der Waals surface area (Å²) in [5, 5.41) is 1.36. The van der Waals surface area contributed by atoms with Crippen molar-refractivity contribution >= 4 is 53.4 Å². The molecule has 0 unspecified atom stereocenters. The van der Waals surface area contributed by atoms with Crippen LogP contribution in [-0.2, 0) is 16.5 Å². The first-order valence-electron chi connectivity index (χ1n) is 4.76. The third-order valence-corrected chi connectivity index (χ3v) is 2.19. The van der Waals surface area contributed by atoms with Gasteiger partial charge in [-0.25, -0.2) is 0 Å². The van der Waals surface area contributed by atoms with E-state index in [9.17, 15) is 0 Å². The first-order valence-corrected chi connectivity index (χ1v) is 11.1. The number of halogens is 4. The molecule has 0 amide bonds. The molecule has 0 radical (unpaired) electrons. The average molecular weight is 519 g/mol. The van der Waals surface area contributed by atoms with Gasteiger partial charge in [-0.3, -0.25) is 0 Å². The Hall–Kier alpha value is -0.112. The van der Waals surface area contributed by atoms with Gasteiger partial charge in [0.15, 0.2) is 0 Å². The molecule has 0 bridgehead atoms. The molecule has 0 spiro atoms. The Bertz CT molecular complexity index is 363. The van der Waals surface area contributed by atoms with Gasteiger partial charge in [-0.1, -0.05) is 47.5 Å². The van der Waals surface area contributed by atoms with Crippen molar-refractivity contribution in [1.82, 2.24) is 0 Å². The van der Waals surface area contributed by atoms with Gasteiger partial charge in [-0.05, 0) is 24.3 Å². The molecule has 2 aromatic rings. The summed E-state index contributed by atoms with van der Waals surface area (Å²) in [6, 6.07) is 13.4. The van der Waals surface area contributed by atoms with Crippen LogP contribution in [0.1, 0.15) is 0 Å². The van der Waals surface area contributed by atoms with Crippen LogP contribution in [-0.4, -0.2) is 0 Å². The third kappa shape index (κ3) is 11.4. The molecule has 2 rings (SSSR count). The van der Waals surface area contributed by atoms with Crippen LogP contribution in [0.5, 0.6) is 0 Å². The second kappa shape index (κ2) is 11.7. The minimum absolute atomic E-state index is 0.472. The predicted molar refractivity (Wildman–Crippen MR) is 82.6 cm³/mol. The van der Waals surface area contributed by atoms with Crippen molar-refractivity contribution < 1.29 is 16.5 Å². The van der Waals surface area contributed by atoms with E-state index in [-0.39, 0.29) is 0 Å². The molecule has 2 nitrogen and oxygen atoms in total. The van der Waals surface area contributed by atoms with E-state index in [0.29, 0.717) is 21.4 Å². The van der Waals surface area contributed by atoms with E-state index < -0.39 is 16.5 Å². The van der Waals surface area contributed by atoms with Crippen LogP contribution in [0.2, 0.25) is 10.0 Å². The molecule has 0 saturated heterocycles. The summed E-state index contributed by atoms with van der Waals surface area (Å²) < 4.78 is 0. The summed E-state index contributed by atoms with van der Waals surface area (Å²) in [6.45, 7) is 0. The fourth-order valence-corrected chi connectivity index (χ4v) is 1.15. The Balaban J connectivity index is 0.000000284. The van der Waals surface area contributed by atoms with E-state index in [1.807, 2.05) is 0 Å². The van der Waals surface area contributed by atoms with Crippen molar-refractivity contribution in [3.8, 4) is 0 Å². The predicted octanol–water partition coefficient (Wildman–Crippen LogP) is 7.42. The molecular weight excluding hydrogens is 509 g/mol. The summed E-state index contributed by atoms with van der Waals surface area (Å²) >= 11 is 10.6. The third-order valence-electron chi connectivity index (χ3n) is 1.69. The van der Waals surface area contributed by atoms with Crippen LogP contribution in [0, 0.1) is 0 Å². The average Bonchev–Trinajstić information content (AvgIpc) is 2.38. The van der Waals surface area contributed by atoms with E-state index in [0.717, 1.165) is 0 Å². The number of hydrogen-bond acceptors (Lipinski definition) is 0. The maximum absolute atomic E-state index is 7.03. The van der Waals surface area contributed by atoms with Crippen LogP contribution in [0.25, 0.3) is 11.5 Å². The second-order valence-electron chi connectivity index (χ2n) is 3.06. The molecular formula is C12H10Cl4N2Pt. The molecule has 106 valence electrons. The van der Waals surface area contributed by atoms with E-state index in [1.165, 1.54) is 0 Å². The summed E-state index contributed by atoms with van der Waals surface area (Å²) in [6.07, 6.45) is 0. The minimum atomic E-state index is -0.472. The van der Waals surface area contributed by atoms with Crippen molar-refractivity contribution in [3.63, 3.8) is 0 Å². The van der Waals surface area contributed by atoms with Crippen LogP contribution >= 0.6 is 42.0 Å². The van der Waals surface area contributed by atoms with Gasteiger partial charge >= 0.3 is 35.3 Å². The molecule has 0 heterocycles. The van der Waals surface area contributed by atoms with E-state index in [1.54, 1.807) is 48.5 Å². The van der Waals surface area contributed by atoms with Gasteiger partial charge in [0, 0.05) is 10.0 Å². The zero-order chi connectivity index (χ0) is 14.7. The molecule has 0 aromatic heterocycles. The smallest absolute Gasteiger partial charge is 0.0405 e.